The number of hydrogen-bond acceptors (Lipinski definition) is 4. The zero-order valence-corrected chi connectivity index (χ0v) is 19.5. The van der Waals surface area contributed by atoms with Gasteiger partial charge in [-0.25, -0.2) is 13.9 Å². The molecule has 9 heteroatoms. The summed E-state index contributed by atoms with van der Waals surface area (Å²) in [6, 6.07) is 14.4. The molecule has 5 rings (SSSR count). The summed E-state index contributed by atoms with van der Waals surface area (Å²) in [7, 11) is 0. The molecule has 8 nitrogen and oxygen atoms in total. The number of carbonyl (C=O) groups is 1. The van der Waals surface area contributed by atoms with Crippen LogP contribution >= 0.6 is 11.6 Å². The normalized spacial score (nSPS) is 14.6. The number of halogens is 1. The maximum atomic E-state index is 13.3. The summed E-state index contributed by atoms with van der Waals surface area (Å²) in [6.45, 7) is 0.305. The monoisotopic (exact) mass is 479 g/mol. The number of para-hydroxylation sites is 1. The largest absolute Gasteiger partial charge is 0.353 e. The van der Waals surface area contributed by atoms with E-state index in [0.717, 1.165) is 31.2 Å². The van der Waals surface area contributed by atoms with E-state index in [2.05, 4.69) is 10.4 Å². The molecule has 0 saturated heterocycles. The van der Waals surface area contributed by atoms with E-state index in [9.17, 15) is 14.4 Å². The van der Waals surface area contributed by atoms with Crippen molar-refractivity contribution in [3.63, 3.8) is 0 Å². The van der Waals surface area contributed by atoms with Crippen LogP contribution in [0.1, 0.15) is 44.1 Å². The van der Waals surface area contributed by atoms with Crippen molar-refractivity contribution in [3.8, 4) is 0 Å². The zero-order chi connectivity index (χ0) is 23.7. The summed E-state index contributed by atoms with van der Waals surface area (Å²) in [5, 5.41) is 8.52. The predicted octanol–water partition coefficient (Wildman–Crippen LogP) is 3.35. The van der Waals surface area contributed by atoms with Crippen LogP contribution in [-0.2, 0) is 17.9 Å². The number of aromatic nitrogens is 4. The highest BCUT2D eigenvalue weighted by Gasteiger charge is 2.20. The van der Waals surface area contributed by atoms with Gasteiger partial charge in [-0.3, -0.25) is 14.2 Å². The third kappa shape index (κ3) is 4.25. The van der Waals surface area contributed by atoms with E-state index in [4.69, 9.17) is 11.6 Å². The lowest BCUT2D eigenvalue weighted by Gasteiger charge is -2.22. The maximum absolute atomic E-state index is 13.3. The van der Waals surface area contributed by atoms with Gasteiger partial charge in [0.1, 0.15) is 0 Å². The summed E-state index contributed by atoms with van der Waals surface area (Å²) in [5.74, 6) is 0.120. The Bertz CT molecular complexity index is 1480. The van der Waals surface area contributed by atoms with Gasteiger partial charge in [0.25, 0.3) is 5.56 Å². The average molecular weight is 480 g/mol. The Morgan fingerprint density at radius 3 is 2.56 bits per heavy atom. The summed E-state index contributed by atoms with van der Waals surface area (Å²) >= 11 is 6.29. The molecular weight excluding hydrogens is 454 g/mol. The molecule has 2 aromatic carbocycles. The van der Waals surface area contributed by atoms with E-state index in [1.54, 1.807) is 30.3 Å². The summed E-state index contributed by atoms with van der Waals surface area (Å²) in [4.78, 5) is 39.3. The highest BCUT2D eigenvalue weighted by molar-refractivity contribution is 6.31. The van der Waals surface area contributed by atoms with Crippen LogP contribution in [0.2, 0.25) is 5.02 Å². The van der Waals surface area contributed by atoms with Gasteiger partial charge in [0, 0.05) is 24.0 Å². The number of carbonyl (C=O) groups excluding carboxylic acids is 1. The van der Waals surface area contributed by atoms with Crippen LogP contribution in [-0.4, -0.2) is 30.7 Å². The Kier molecular flexibility index (Phi) is 6.24. The van der Waals surface area contributed by atoms with E-state index in [1.165, 1.54) is 20.1 Å². The number of hydrogen-bond donors (Lipinski definition) is 1. The summed E-state index contributed by atoms with van der Waals surface area (Å²) < 4.78 is 4.17. The number of nitrogens with zero attached hydrogens (tertiary/aromatic N) is 4. The number of amides is 1. The van der Waals surface area contributed by atoms with Gasteiger partial charge in [0.2, 0.25) is 11.7 Å². The number of fused-ring (bicyclic) bond motifs is 3. The second-order valence-corrected chi connectivity index (χ2v) is 9.20. The van der Waals surface area contributed by atoms with Crippen LogP contribution < -0.4 is 16.6 Å². The van der Waals surface area contributed by atoms with Crippen LogP contribution in [0.15, 0.2) is 58.1 Å². The highest BCUT2D eigenvalue weighted by atomic mass is 35.5. The molecule has 1 aliphatic carbocycles. The first-order valence-corrected chi connectivity index (χ1v) is 12.0. The van der Waals surface area contributed by atoms with E-state index in [0.29, 0.717) is 15.9 Å². The molecule has 0 unspecified atom stereocenters. The van der Waals surface area contributed by atoms with Crippen molar-refractivity contribution in [2.24, 2.45) is 0 Å². The van der Waals surface area contributed by atoms with Crippen LogP contribution in [0, 0.1) is 0 Å². The van der Waals surface area contributed by atoms with Crippen molar-refractivity contribution in [1.29, 1.82) is 0 Å². The van der Waals surface area contributed by atoms with Gasteiger partial charge in [-0.1, -0.05) is 61.2 Å². The Balaban J connectivity index is 1.53. The number of benzene rings is 2. The van der Waals surface area contributed by atoms with Crippen LogP contribution in [0.3, 0.4) is 0 Å². The SMILES string of the molecule is O=C(CCn1c(=O)c2ccccc2n2c(=O)n(Cc3ccccc3Cl)nc12)NC1CCCCC1. The van der Waals surface area contributed by atoms with Crippen molar-refractivity contribution in [2.75, 3.05) is 0 Å². The molecule has 1 amide bonds. The topological polar surface area (TPSA) is 90.4 Å². The molecular formula is C25H26ClN5O3. The lowest BCUT2D eigenvalue weighted by atomic mass is 9.95. The molecule has 2 aromatic heterocycles. The smallest absolute Gasteiger partial charge is 0.352 e. The second-order valence-electron chi connectivity index (χ2n) is 8.79. The van der Waals surface area contributed by atoms with Gasteiger partial charge in [-0.2, -0.15) is 0 Å². The maximum Gasteiger partial charge on any atom is 0.352 e. The molecule has 176 valence electrons. The Morgan fingerprint density at radius 1 is 1.03 bits per heavy atom. The Hall–Kier alpha value is -3.39. The fourth-order valence-corrected chi connectivity index (χ4v) is 4.92. The van der Waals surface area contributed by atoms with Crippen molar-refractivity contribution in [1.82, 2.24) is 24.1 Å². The standard InChI is InChI=1S/C25H26ClN5O3/c26-20-12-6-4-8-17(20)16-30-25(34)31-21-13-7-5-11-19(21)23(33)29(24(31)28-30)15-14-22(32)27-18-9-2-1-3-10-18/h4-8,11-13,18H,1-3,9-10,14-16H2,(H,27,32). The lowest BCUT2D eigenvalue weighted by molar-refractivity contribution is -0.122. The van der Waals surface area contributed by atoms with E-state index in [-0.39, 0.29) is 48.5 Å². The summed E-state index contributed by atoms with van der Waals surface area (Å²) in [5.41, 5.74) is 0.593. The van der Waals surface area contributed by atoms with Gasteiger partial charge in [0.15, 0.2) is 0 Å². The van der Waals surface area contributed by atoms with E-state index in [1.807, 2.05) is 18.2 Å². The van der Waals surface area contributed by atoms with Crippen molar-refractivity contribution >= 4 is 34.2 Å². The molecule has 1 saturated carbocycles. The minimum Gasteiger partial charge on any atom is -0.353 e. The van der Waals surface area contributed by atoms with Gasteiger partial charge >= 0.3 is 5.69 Å². The van der Waals surface area contributed by atoms with Crippen LogP contribution in [0.5, 0.6) is 0 Å². The first kappa shape index (κ1) is 22.4. The molecule has 1 fully saturated rings. The molecule has 4 aromatic rings. The molecule has 0 spiro atoms. The highest BCUT2D eigenvalue weighted by Crippen LogP contribution is 2.18. The van der Waals surface area contributed by atoms with Gasteiger partial charge in [-0.15, -0.1) is 5.10 Å². The number of rotatable bonds is 6. The van der Waals surface area contributed by atoms with Crippen LogP contribution in [0.4, 0.5) is 0 Å². The second kappa shape index (κ2) is 9.46. The molecule has 0 atom stereocenters. The fraction of sp³-hybridized carbons (Fsp3) is 0.360. The number of aryl methyl sites for hydroxylation is 1. The predicted molar refractivity (Wildman–Crippen MR) is 131 cm³/mol. The van der Waals surface area contributed by atoms with E-state index < -0.39 is 0 Å². The third-order valence-corrected chi connectivity index (χ3v) is 6.86. The first-order valence-electron chi connectivity index (χ1n) is 11.7. The van der Waals surface area contributed by atoms with Crippen molar-refractivity contribution in [3.05, 3.63) is 80.0 Å². The molecule has 0 radical (unpaired) electrons. The molecule has 1 N–H and O–H groups in total. The lowest BCUT2D eigenvalue weighted by Crippen LogP contribution is -2.37. The van der Waals surface area contributed by atoms with Crippen molar-refractivity contribution < 1.29 is 4.79 Å². The van der Waals surface area contributed by atoms with Crippen LogP contribution in [0.25, 0.3) is 16.7 Å². The first-order chi connectivity index (χ1) is 16.5. The average Bonchev–Trinajstić information content (AvgIpc) is 3.17. The third-order valence-electron chi connectivity index (χ3n) is 6.49. The molecule has 2 heterocycles. The molecule has 0 bridgehead atoms. The Labute approximate surface area is 200 Å². The van der Waals surface area contributed by atoms with Crippen molar-refractivity contribution in [2.45, 2.75) is 57.7 Å². The van der Waals surface area contributed by atoms with E-state index >= 15 is 0 Å². The van der Waals surface area contributed by atoms with Gasteiger partial charge < -0.3 is 5.32 Å². The fourth-order valence-electron chi connectivity index (χ4n) is 4.72. The minimum absolute atomic E-state index is 0.0945. The Morgan fingerprint density at radius 2 is 1.76 bits per heavy atom. The van der Waals surface area contributed by atoms with Gasteiger partial charge in [0.05, 0.1) is 17.4 Å². The van der Waals surface area contributed by atoms with Gasteiger partial charge in [-0.05, 0) is 36.6 Å². The summed E-state index contributed by atoms with van der Waals surface area (Å²) in [6.07, 6.45) is 5.59. The molecule has 0 aliphatic heterocycles. The quantitative estimate of drug-likeness (QED) is 0.459. The number of nitrogens with one attached hydrogen (secondary N) is 1. The minimum atomic E-state index is -0.369. The molecule has 34 heavy (non-hydrogen) atoms. The zero-order valence-electron chi connectivity index (χ0n) is 18.7. The molecule has 1 aliphatic rings.